The number of hydrogen-bond donors (Lipinski definition) is 9. The van der Waals surface area contributed by atoms with E-state index in [0.29, 0.717) is 6.42 Å². The maximum atomic E-state index is 13.8. The van der Waals surface area contributed by atoms with Crippen LogP contribution in [0, 0.1) is 17.8 Å². The molecule has 52 heavy (non-hydrogen) atoms. The number of hydrogen-bond acceptors (Lipinski definition) is 10. The third kappa shape index (κ3) is 14.8. The molecule has 1 heterocycles. The molecular weight excluding hydrogens is 682 g/mol. The number of nitrogens with zero attached hydrogens (tertiary/aromatic N) is 1. The van der Waals surface area contributed by atoms with E-state index in [0.717, 1.165) is 0 Å². The van der Waals surface area contributed by atoms with Gasteiger partial charge in [0.2, 0.25) is 47.3 Å². The molecule has 0 aromatic heterocycles. The Morgan fingerprint density at radius 2 is 1.31 bits per heavy atom. The van der Waals surface area contributed by atoms with Gasteiger partial charge in [-0.05, 0) is 50.4 Å². The molecule has 0 saturated carbocycles. The zero-order chi connectivity index (χ0) is 39.9. The summed E-state index contributed by atoms with van der Waals surface area (Å²) in [5, 5.41) is 24.3. The summed E-state index contributed by atoms with van der Waals surface area (Å²) in [4.78, 5) is 115. The highest BCUT2D eigenvalue weighted by molar-refractivity contribution is 5.97. The minimum atomic E-state index is -1.32. The van der Waals surface area contributed by atoms with Gasteiger partial charge in [0.25, 0.3) is 0 Å². The number of rotatable bonds is 21. The summed E-state index contributed by atoms with van der Waals surface area (Å²) in [6.07, 6.45) is 0.348. The van der Waals surface area contributed by atoms with Gasteiger partial charge in [-0.15, -0.1) is 0 Å². The lowest BCUT2D eigenvalue weighted by atomic mass is 9.98. The second kappa shape index (κ2) is 21.5. The number of likely N-dealkylation sites (tertiary alicyclic amines) is 1. The van der Waals surface area contributed by atoms with Crippen molar-refractivity contribution in [3.63, 3.8) is 0 Å². The molecule has 1 saturated heterocycles. The monoisotopic (exact) mass is 739 g/mol. The van der Waals surface area contributed by atoms with E-state index in [1.807, 2.05) is 13.8 Å². The highest BCUT2D eigenvalue weighted by Gasteiger charge is 2.40. The number of carboxylic acid groups (broad SMARTS) is 1. The fourth-order valence-electron chi connectivity index (χ4n) is 5.44. The summed E-state index contributed by atoms with van der Waals surface area (Å²) in [7, 11) is 0. The number of nitrogens with two attached hydrogens (primary N) is 2. The number of carboxylic acids is 1. The van der Waals surface area contributed by atoms with E-state index < -0.39 is 108 Å². The zero-order valence-corrected chi connectivity index (χ0v) is 31.1. The van der Waals surface area contributed by atoms with E-state index in [-0.39, 0.29) is 44.7 Å². The summed E-state index contributed by atoms with van der Waals surface area (Å²) in [5.41, 5.74) is 10.6. The predicted molar refractivity (Wildman–Crippen MR) is 187 cm³/mol. The Balaban J connectivity index is 3.21. The van der Waals surface area contributed by atoms with Gasteiger partial charge in [0.1, 0.15) is 36.3 Å². The molecule has 6 atom stereocenters. The first kappa shape index (κ1) is 45.2. The van der Waals surface area contributed by atoms with Crippen LogP contribution in [-0.2, 0) is 43.2 Å². The number of nitrogens with one attached hydrogen (secondary N) is 6. The second-order valence-electron chi connectivity index (χ2n) is 14.0. The molecule has 0 unspecified atom stereocenters. The summed E-state index contributed by atoms with van der Waals surface area (Å²) in [6.45, 7) is 11.0. The number of primary amides is 1. The third-order valence-electron chi connectivity index (χ3n) is 8.35. The Morgan fingerprint density at radius 3 is 1.81 bits per heavy atom. The summed E-state index contributed by atoms with van der Waals surface area (Å²) in [5.74, 6) is -7.74. The van der Waals surface area contributed by atoms with Crippen LogP contribution in [0.3, 0.4) is 0 Å². The van der Waals surface area contributed by atoms with Crippen molar-refractivity contribution >= 4 is 53.2 Å². The molecule has 1 rings (SSSR count). The lowest BCUT2D eigenvalue weighted by molar-refractivity contribution is -0.144. The largest absolute Gasteiger partial charge is 0.480 e. The first-order chi connectivity index (χ1) is 24.2. The quantitative estimate of drug-likeness (QED) is 0.0579. The van der Waals surface area contributed by atoms with Gasteiger partial charge in [-0.1, -0.05) is 41.5 Å². The van der Waals surface area contributed by atoms with Gasteiger partial charge in [-0.3, -0.25) is 43.2 Å². The fourth-order valence-corrected chi connectivity index (χ4v) is 5.44. The van der Waals surface area contributed by atoms with Crippen LogP contribution in [0.1, 0.15) is 80.6 Å². The predicted octanol–water partition coefficient (Wildman–Crippen LogP) is -2.80. The van der Waals surface area contributed by atoms with Crippen molar-refractivity contribution < 1.29 is 48.3 Å². The summed E-state index contributed by atoms with van der Waals surface area (Å²) in [6, 6.07) is -6.97. The van der Waals surface area contributed by atoms with E-state index in [1.54, 1.807) is 27.7 Å². The normalized spacial score (nSPS) is 17.0. The van der Waals surface area contributed by atoms with Crippen LogP contribution < -0.4 is 43.4 Å². The van der Waals surface area contributed by atoms with Gasteiger partial charge < -0.3 is 53.4 Å². The minimum Gasteiger partial charge on any atom is -0.480 e. The van der Waals surface area contributed by atoms with Gasteiger partial charge in [0.15, 0.2) is 0 Å². The smallest absolute Gasteiger partial charge is 0.325 e. The Labute approximate surface area is 303 Å². The van der Waals surface area contributed by atoms with Crippen molar-refractivity contribution in [2.45, 2.75) is 117 Å². The van der Waals surface area contributed by atoms with Crippen LogP contribution in [0.15, 0.2) is 0 Å². The van der Waals surface area contributed by atoms with Gasteiger partial charge >= 0.3 is 5.97 Å². The molecule has 1 aliphatic heterocycles. The maximum Gasteiger partial charge on any atom is 0.325 e. The van der Waals surface area contributed by atoms with E-state index in [4.69, 9.17) is 11.5 Å². The molecule has 8 amide bonds. The van der Waals surface area contributed by atoms with Crippen LogP contribution in [-0.4, -0.2) is 119 Å². The second-order valence-corrected chi connectivity index (χ2v) is 14.0. The highest BCUT2D eigenvalue weighted by atomic mass is 16.4. The molecule has 294 valence electrons. The van der Waals surface area contributed by atoms with Crippen LogP contribution in [0.2, 0.25) is 0 Å². The first-order valence-electron chi connectivity index (χ1n) is 17.5. The standard InChI is InChI=1S/C33H57N9O10/c1-16(2)13-21(39-30(48)26(17(3)4)40-25(45)15-36-24(44)14-34)28(46)41-27(18(5)6)31(49)38-20(10-11-23(35)43)32(50)42-12-8-9-22(42)29(47)37-19(7)33(51)52/h16-22,26-27H,8-15,34H2,1-7H3,(H2,35,43)(H,36,44)(H,37,47)(H,38,49)(H,39,48)(H,40,45)(H,41,46)(H,51,52)/t19-,20-,21-,22-,26-,27-/m0/s1. The van der Waals surface area contributed by atoms with Crippen molar-refractivity contribution in [1.29, 1.82) is 0 Å². The molecule has 0 aromatic carbocycles. The molecular formula is C33H57N9O10. The van der Waals surface area contributed by atoms with Crippen molar-refractivity contribution in [1.82, 2.24) is 36.8 Å². The summed E-state index contributed by atoms with van der Waals surface area (Å²) < 4.78 is 0. The average molecular weight is 740 g/mol. The van der Waals surface area contributed by atoms with Crippen LogP contribution in [0.5, 0.6) is 0 Å². The van der Waals surface area contributed by atoms with E-state index in [1.165, 1.54) is 11.8 Å². The summed E-state index contributed by atoms with van der Waals surface area (Å²) >= 11 is 0. The Bertz CT molecular complexity index is 1320. The lowest BCUT2D eigenvalue weighted by Gasteiger charge is -2.31. The molecule has 0 bridgehead atoms. The van der Waals surface area contributed by atoms with E-state index >= 15 is 0 Å². The third-order valence-corrected chi connectivity index (χ3v) is 8.35. The Kier molecular flexibility index (Phi) is 18.7. The Hall–Kier alpha value is -4.81. The molecule has 19 heteroatoms. The number of aliphatic carboxylic acids is 1. The van der Waals surface area contributed by atoms with E-state index in [2.05, 4.69) is 31.9 Å². The van der Waals surface area contributed by atoms with Crippen LogP contribution in [0.4, 0.5) is 0 Å². The topological polar surface area (TPSA) is 301 Å². The molecule has 0 spiro atoms. The molecule has 11 N–H and O–H groups in total. The molecule has 1 aliphatic rings. The number of carbonyl (C=O) groups excluding carboxylic acids is 8. The van der Waals surface area contributed by atoms with E-state index in [9.17, 15) is 48.3 Å². The van der Waals surface area contributed by atoms with Crippen molar-refractivity contribution in [3.05, 3.63) is 0 Å². The van der Waals surface area contributed by atoms with Gasteiger partial charge in [0, 0.05) is 13.0 Å². The van der Waals surface area contributed by atoms with Crippen LogP contribution in [0.25, 0.3) is 0 Å². The van der Waals surface area contributed by atoms with Crippen LogP contribution >= 0.6 is 0 Å². The number of carbonyl (C=O) groups is 9. The van der Waals surface area contributed by atoms with Crippen molar-refractivity contribution in [2.24, 2.45) is 29.2 Å². The molecule has 0 aromatic rings. The molecule has 0 radical (unpaired) electrons. The minimum absolute atomic E-state index is 0.0964. The average Bonchev–Trinajstić information content (AvgIpc) is 3.55. The molecule has 1 fully saturated rings. The maximum absolute atomic E-state index is 13.8. The zero-order valence-electron chi connectivity index (χ0n) is 31.1. The Morgan fingerprint density at radius 1 is 0.750 bits per heavy atom. The fraction of sp³-hybridized carbons (Fsp3) is 0.727. The lowest BCUT2D eigenvalue weighted by Crippen LogP contribution is -2.61. The van der Waals surface area contributed by atoms with Gasteiger partial charge in [-0.25, -0.2) is 0 Å². The number of amides is 8. The first-order valence-corrected chi connectivity index (χ1v) is 17.5. The highest BCUT2D eigenvalue weighted by Crippen LogP contribution is 2.20. The van der Waals surface area contributed by atoms with Gasteiger partial charge in [0.05, 0.1) is 13.1 Å². The van der Waals surface area contributed by atoms with Gasteiger partial charge in [-0.2, -0.15) is 0 Å². The molecule has 0 aliphatic carbocycles. The molecule has 19 nitrogen and oxygen atoms in total. The van der Waals surface area contributed by atoms with Crippen molar-refractivity contribution in [2.75, 3.05) is 19.6 Å². The van der Waals surface area contributed by atoms with Crippen molar-refractivity contribution in [3.8, 4) is 0 Å². The SMILES string of the molecule is CC(C)C[C@H](NC(=O)[C@@H](NC(=O)CNC(=O)CN)C(C)C)C(=O)N[C@H](C(=O)N[C@@H](CCC(N)=O)C(=O)N1CCC[C@H]1C(=O)N[C@@H](C)C(=O)O)C(C)C.